The van der Waals surface area contributed by atoms with Crippen LogP contribution in [0.3, 0.4) is 0 Å². The van der Waals surface area contributed by atoms with E-state index in [1.54, 1.807) is 6.92 Å². The number of aliphatic hydroxyl groups excluding tert-OH is 2. The molecule has 0 aliphatic carbocycles. The number of aliphatic hydroxyl groups is 2. The van der Waals surface area contributed by atoms with Crippen LogP contribution in [0.15, 0.2) is 24.3 Å². The van der Waals surface area contributed by atoms with Crippen molar-refractivity contribution in [2.24, 2.45) is 0 Å². The van der Waals surface area contributed by atoms with Crippen molar-refractivity contribution >= 4 is 11.6 Å². The molecule has 0 saturated heterocycles. The molecule has 5 heteroatoms. The molecule has 0 heterocycles. The molecule has 1 aromatic rings. The molecule has 2 atom stereocenters. The normalized spacial score (nSPS) is 14.2. The molecule has 1 rings (SSSR count). The van der Waals surface area contributed by atoms with E-state index in [-0.39, 0.29) is 12.7 Å². The fraction of sp³-hybridized carbons (Fsp3) is 0.600. The summed E-state index contributed by atoms with van der Waals surface area (Å²) in [6.07, 6.45) is 0.862. The Morgan fingerprint density at radius 1 is 1.30 bits per heavy atom. The number of ether oxygens (including phenoxy) is 1. The number of nitrogens with one attached hydrogen (secondary N) is 1. The van der Waals surface area contributed by atoms with Crippen LogP contribution in [0.2, 0.25) is 5.02 Å². The van der Waals surface area contributed by atoms with E-state index in [2.05, 4.69) is 5.32 Å². The minimum absolute atomic E-state index is 0.263. The maximum atomic E-state index is 9.74. The fourth-order valence-electron chi connectivity index (χ4n) is 1.77. The zero-order valence-corrected chi connectivity index (χ0v) is 12.6. The molecule has 3 N–H and O–H groups in total. The van der Waals surface area contributed by atoms with Gasteiger partial charge in [0.1, 0.15) is 0 Å². The Morgan fingerprint density at radius 2 is 2.05 bits per heavy atom. The van der Waals surface area contributed by atoms with E-state index in [4.69, 9.17) is 21.4 Å². The van der Waals surface area contributed by atoms with Crippen molar-refractivity contribution in [1.29, 1.82) is 0 Å². The molecule has 0 aromatic heterocycles. The highest BCUT2D eigenvalue weighted by atomic mass is 35.5. The Kier molecular flexibility index (Phi) is 8.82. The van der Waals surface area contributed by atoms with Crippen molar-refractivity contribution in [3.63, 3.8) is 0 Å². The molecule has 20 heavy (non-hydrogen) atoms. The Morgan fingerprint density at radius 3 is 2.75 bits per heavy atom. The van der Waals surface area contributed by atoms with Crippen molar-refractivity contribution in [1.82, 2.24) is 5.32 Å². The molecule has 0 saturated carbocycles. The SMILES string of the molecule is CC(O)CCCNCC(O)COCc1ccccc1Cl. The minimum atomic E-state index is -0.538. The van der Waals surface area contributed by atoms with Gasteiger partial charge < -0.3 is 20.3 Å². The predicted molar refractivity (Wildman–Crippen MR) is 80.9 cm³/mol. The summed E-state index contributed by atoms with van der Waals surface area (Å²) in [4.78, 5) is 0. The molecular formula is C15H24ClNO3. The van der Waals surface area contributed by atoms with Crippen LogP contribution in [0.25, 0.3) is 0 Å². The monoisotopic (exact) mass is 301 g/mol. The standard InChI is InChI=1S/C15H24ClNO3/c1-12(18)5-4-8-17-9-14(19)11-20-10-13-6-2-3-7-15(13)16/h2-3,6-7,12,14,17-19H,4-5,8-11H2,1H3. The van der Waals surface area contributed by atoms with Gasteiger partial charge in [0, 0.05) is 11.6 Å². The smallest absolute Gasteiger partial charge is 0.0897 e. The van der Waals surface area contributed by atoms with Gasteiger partial charge >= 0.3 is 0 Å². The lowest BCUT2D eigenvalue weighted by Crippen LogP contribution is -2.31. The Bertz CT molecular complexity index is 374. The second kappa shape index (κ2) is 10.1. The summed E-state index contributed by atoms with van der Waals surface area (Å²) in [7, 11) is 0. The Hall–Kier alpha value is -0.650. The van der Waals surface area contributed by atoms with Gasteiger partial charge in [-0.3, -0.25) is 0 Å². The van der Waals surface area contributed by atoms with Crippen molar-refractivity contribution in [3.05, 3.63) is 34.9 Å². The quantitative estimate of drug-likeness (QED) is 0.578. The first-order valence-corrected chi connectivity index (χ1v) is 7.35. The lowest BCUT2D eigenvalue weighted by molar-refractivity contribution is 0.0288. The molecule has 1 aromatic carbocycles. The lowest BCUT2D eigenvalue weighted by Gasteiger charge is -2.13. The van der Waals surface area contributed by atoms with E-state index in [0.29, 0.717) is 18.2 Å². The largest absolute Gasteiger partial charge is 0.393 e. The molecule has 2 unspecified atom stereocenters. The van der Waals surface area contributed by atoms with E-state index in [1.807, 2.05) is 24.3 Å². The van der Waals surface area contributed by atoms with Crippen molar-refractivity contribution < 1.29 is 14.9 Å². The van der Waals surface area contributed by atoms with Crippen LogP contribution in [0, 0.1) is 0 Å². The van der Waals surface area contributed by atoms with Gasteiger partial charge in [-0.2, -0.15) is 0 Å². The van der Waals surface area contributed by atoms with Gasteiger partial charge in [0.25, 0.3) is 0 Å². The molecule has 0 aliphatic rings. The highest BCUT2D eigenvalue weighted by Gasteiger charge is 2.05. The second-order valence-corrected chi connectivity index (χ2v) is 5.36. The van der Waals surface area contributed by atoms with Crippen LogP contribution < -0.4 is 5.32 Å². The van der Waals surface area contributed by atoms with Gasteiger partial charge in [-0.1, -0.05) is 29.8 Å². The fourth-order valence-corrected chi connectivity index (χ4v) is 1.96. The van der Waals surface area contributed by atoms with E-state index >= 15 is 0 Å². The maximum absolute atomic E-state index is 9.74. The first kappa shape index (κ1) is 17.4. The maximum Gasteiger partial charge on any atom is 0.0897 e. The van der Waals surface area contributed by atoms with E-state index in [1.165, 1.54) is 0 Å². The number of halogens is 1. The van der Waals surface area contributed by atoms with E-state index in [0.717, 1.165) is 24.9 Å². The third kappa shape index (κ3) is 7.82. The second-order valence-electron chi connectivity index (χ2n) is 4.96. The van der Waals surface area contributed by atoms with Crippen LogP contribution in [0.5, 0.6) is 0 Å². The predicted octanol–water partition coefficient (Wildman–Crippen LogP) is 1.97. The summed E-state index contributed by atoms with van der Waals surface area (Å²) in [6.45, 7) is 3.72. The van der Waals surface area contributed by atoms with E-state index < -0.39 is 6.10 Å². The average molecular weight is 302 g/mol. The van der Waals surface area contributed by atoms with Crippen molar-refractivity contribution in [3.8, 4) is 0 Å². The third-order valence-corrected chi connectivity index (χ3v) is 3.25. The molecular weight excluding hydrogens is 278 g/mol. The number of hydrogen-bond donors (Lipinski definition) is 3. The Balaban J connectivity index is 2.05. The highest BCUT2D eigenvalue weighted by Crippen LogP contribution is 2.15. The molecule has 0 aliphatic heterocycles. The molecule has 0 bridgehead atoms. The van der Waals surface area contributed by atoms with Crippen LogP contribution in [-0.4, -0.2) is 42.1 Å². The van der Waals surface area contributed by atoms with Gasteiger partial charge in [0.2, 0.25) is 0 Å². The van der Waals surface area contributed by atoms with Gasteiger partial charge in [0.15, 0.2) is 0 Å². The topological polar surface area (TPSA) is 61.7 Å². The van der Waals surface area contributed by atoms with Gasteiger partial charge in [-0.05, 0) is 37.9 Å². The first-order chi connectivity index (χ1) is 9.59. The molecule has 0 spiro atoms. The number of rotatable bonds is 10. The van der Waals surface area contributed by atoms with Gasteiger partial charge in [-0.25, -0.2) is 0 Å². The first-order valence-electron chi connectivity index (χ1n) is 6.97. The minimum Gasteiger partial charge on any atom is -0.393 e. The molecule has 0 radical (unpaired) electrons. The van der Waals surface area contributed by atoms with Crippen molar-refractivity contribution in [2.45, 2.75) is 38.6 Å². The van der Waals surface area contributed by atoms with Crippen LogP contribution in [-0.2, 0) is 11.3 Å². The third-order valence-electron chi connectivity index (χ3n) is 2.88. The Labute approximate surface area is 125 Å². The average Bonchev–Trinajstić information content (AvgIpc) is 2.40. The van der Waals surface area contributed by atoms with Crippen LogP contribution >= 0.6 is 11.6 Å². The summed E-state index contributed by atoms with van der Waals surface area (Å²) >= 11 is 6.01. The highest BCUT2D eigenvalue weighted by molar-refractivity contribution is 6.31. The molecule has 0 fully saturated rings. The van der Waals surface area contributed by atoms with Crippen LogP contribution in [0.4, 0.5) is 0 Å². The van der Waals surface area contributed by atoms with Crippen molar-refractivity contribution in [2.75, 3.05) is 19.7 Å². The van der Waals surface area contributed by atoms with E-state index in [9.17, 15) is 5.11 Å². The zero-order chi connectivity index (χ0) is 14.8. The summed E-state index contributed by atoms with van der Waals surface area (Å²) in [6, 6.07) is 7.51. The van der Waals surface area contributed by atoms with Gasteiger partial charge in [-0.15, -0.1) is 0 Å². The summed E-state index contributed by atoms with van der Waals surface area (Å²) < 4.78 is 5.44. The lowest BCUT2D eigenvalue weighted by atomic mass is 10.2. The molecule has 4 nitrogen and oxygen atoms in total. The summed E-state index contributed by atoms with van der Waals surface area (Å²) in [5.74, 6) is 0. The number of benzene rings is 1. The summed E-state index contributed by atoms with van der Waals surface area (Å²) in [5, 5.41) is 22.6. The van der Waals surface area contributed by atoms with Crippen LogP contribution in [0.1, 0.15) is 25.3 Å². The molecule has 114 valence electrons. The summed E-state index contributed by atoms with van der Waals surface area (Å²) in [5.41, 5.74) is 0.922. The number of hydrogen-bond acceptors (Lipinski definition) is 4. The zero-order valence-electron chi connectivity index (χ0n) is 11.9. The van der Waals surface area contributed by atoms with Gasteiger partial charge in [0.05, 0.1) is 25.4 Å². The molecule has 0 amide bonds.